The molecule has 2 saturated heterocycles. The summed E-state index contributed by atoms with van der Waals surface area (Å²) in [6.07, 6.45) is 0.927. The van der Waals surface area contributed by atoms with Crippen LogP contribution in [-0.2, 0) is 4.79 Å². The largest absolute Gasteiger partial charge is 0.508 e. The Labute approximate surface area is 94.1 Å². The molecule has 1 amide bonds. The van der Waals surface area contributed by atoms with Crippen molar-refractivity contribution in [2.45, 2.75) is 18.5 Å². The number of benzene rings is 1. The van der Waals surface area contributed by atoms with Crippen molar-refractivity contribution in [2.75, 3.05) is 18.5 Å². The molecule has 0 aromatic heterocycles. The van der Waals surface area contributed by atoms with Gasteiger partial charge in [-0.05, 0) is 37.7 Å². The van der Waals surface area contributed by atoms with Gasteiger partial charge in [0, 0.05) is 12.2 Å². The third-order valence-electron chi connectivity index (χ3n) is 3.54. The molecule has 2 atom stereocenters. The minimum Gasteiger partial charge on any atom is -0.508 e. The summed E-state index contributed by atoms with van der Waals surface area (Å²) >= 11 is 0. The van der Waals surface area contributed by atoms with Gasteiger partial charge >= 0.3 is 0 Å². The van der Waals surface area contributed by atoms with Crippen molar-refractivity contribution < 1.29 is 9.90 Å². The minimum atomic E-state index is 0.0544. The molecule has 4 heteroatoms. The standard InChI is InChI=1S/C12H14N2O2/c1-13-7-9-6-11(13)12(16)14(9)8-2-4-10(15)5-3-8/h2-5,9,11,15H,6-7H2,1H3. The number of anilines is 1. The molecule has 0 spiro atoms. The fourth-order valence-corrected chi connectivity index (χ4v) is 2.74. The zero-order valence-electron chi connectivity index (χ0n) is 9.13. The van der Waals surface area contributed by atoms with Gasteiger partial charge in [0.05, 0.1) is 12.1 Å². The Morgan fingerprint density at radius 2 is 2.00 bits per heavy atom. The lowest BCUT2D eigenvalue weighted by Gasteiger charge is -2.31. The first kappa shape index (κ1) is 9.66. The summed E-state index contributed by atoms with van der Waals surface area (Å²) in [4.78, 5) is 16.1. The second kappa shape index (κ2) is 3.22. The number of carbonyl (C=O) groups excluding carboxylic acids is 1. The molecular formula is C12H14N2O2. The van der Waals surface area contributed by atoms with Crippen LogP contribution in [0.5, 0.6) is 5.75 Å². The highest BCUT2D eigenvalue weighted by Gasteiger charge is 2.48. The van der Waals surface area contributed by atoms with E-state index in [4.69, 9.17) is 0 Å². The molecule has 84 valence electrons. The van der Waals surface area contributed by atoms with Crippen molar-refractivity contribution in [2.24, 2.45) is 0 Å². The van der Waals surface area contributed by atoms with Gasteiger partial charge in [-0.15, -0.1) is 0 Å². The van der Waals surface area contributed by atoms with Crippen LogP contribution >= 0.6 is 0 Å². The van der Waals surface area contributed by atoms with Gasteiger partial charge in [0.25, 0.3) is 0 Å². The van der Waals surface area contributed by atoms with E-state index in [1.165, 1.54) is 0 Å². The summed E-state index contributed by atoms with van der Waals surface area (Å²) < 4.78 is 0. The molecule has 1 aromatic carbocycles. The first-order valence-corrected chi connectivity index (χ1v) is 5.49. The number of fused-ring (bicyclic) bond motifs is 2. The molecule has 2 fully saturated rings. The van der Waals surface area contributed by atoms with Crippen molar-refractivity contribution >= 4 is 11.6 Å². The lowest BCUT2D eigenvalue weighted by molar-refractivity contribution is -0.122. The average molecular weight is 218 g/mol. The van der Waals surface area contributed by atoms with Gasteiger partial charge < -0.3 is 10.0 Å². The normalized spacial score (nSPS) is 29.1. The van der Waals surface area contributed by atoms with Gasteiger partial charge in [0.1, 0.15) is 5.75 Å². The van der Waals surface area contributed by atoms with Crippen LogP contribution in [0, 0.1) is 0 Å². The first-order chi connectivity index (χ1) is 7.66. The zero-order valence-corrected chi connectivity index (χ0v) is 9.13. The maximum absolute atomic E-state index is 12.1. The third kappa shape index (κ3) is 1.23. The summed E-state index contributed by atoms with van der Waals surface area (Å²) in [5.41, 5.74) is 0.892. The summed E-state index contributed by atoms with van der Waals surface area (Å²) in [6.45, 7) is 0.942. The number of amides is 1. The van der Waals surface area contributed by atoms with Gasteiger partial charge in [-0.1, -0.05) is 0 Å². The number of rotatable bonds is 1. The molecule has 2 unspecified atom stereocenters. The predicted molar refractivity (Wildman–Crippen MR) is 60.4 cm³/mol. The van der Waals surface area contributed by atoms with E-state index in [2.05, 4.69) is 4.90 Å². The molecule has 4 nitrogen and oxygen atoms in total. The number of piperazine rings is 1. The molecule has 1 N–H and O–H groups in total. The minimum absolute atomic E-state index is 0.0544. The van der Waals surface area contributed by atoms with E-state index in [-0.39, 0.29) is 17.7 Å². The summed E-state index contributed by atoms with van der Waals surface area (Å²) in [7, 11) is 2.00. The third-order valence-corrected chi connectivity index (χ3v) is 3.54. The van der Waals surface area contributed by atoms with E-state index in [0.717, 1.165) is 18.7 Å². The molecule has 0 saturated carbocycles. The van der Waals surface area contributed by atoms with Crippen molar-refractivity contribution in [3.05, 3.63) is 24.3 Å². The van der Waals surface area contributed by atoms with E-state index < -0.39 is 0 Å². The second-order valence-corrected chi connectivity index (χ2v) is 4.57. The van der Waals surface area contributed by atoms with Crippen LogP contribution in [0.15, 0.2) is 24.3 Å². The number of nitrogens with zero attached hydrogens (tertiary/aromatic N) is 2. The maximum atomic E-state index is 12.1. The van der Waals surface area contributed by atoms with Crippen molar-refractivity contribution in [3.8, 4) is 5.75 Å². The Morgan fingerprint density at radius 1 is 1.31 bits per heavy atom. The summed E-state index contributed by atoms with van der Waals surface area (Å²) in [5.74, 6) is 0.419. The number of likely N-dealkylation sites (tertiary alicyclic amines) is 1. The van der Waals surface area contributed by atoms with Crippen LogP contribution in [0.4, 0.5) is 5.69 Å². The maximum Gasteiger partial charge on any atom is 0.244 e. The molecule has 2 aliphatic rings. The number of aromatic hydroxyl groups is 1. The molecule has 2 heterocycles. The Bertz CT molecular complexity index is 429. The molecule has 2 aliphatic heterocycles. The number of phenols is 1. The molecule has 16 heavy (non-hydrogen) atoms. The van der Waals surface area contributed by atoms with Crippen molar-refractivity contribution in [1.29, 1.82) is 0 Å². The molecule has 3 rings (SSSR count). The Hall–Kier alpha value is -1.55. The number of hydrogen-bond acceptors (Lipinski definition) is 3. The number of hydrogen-bond donors (Lipinski definition) is 1. The Balaban J connectivity index is 1.92. The van der Waals surface area contributed by atoms with Gasteiger partial charge in [-0.3, -0.25) is 9.69 Å². The van der Waals surface area contributed by atoms with Crippen LogP contribution < -0.4 is 4.90 Å². The van der Waals surface area contributed by atoms with E-state index in [9.17, 15) is 9.90 Å². The smallest absolute Gasteiger partial charge is 0.244 e. The van der Waals surface area contributed by atoms with Crippen LogP contribution in [0.2, 0.25) is 0 Å². The highest BCUT2D eigenvalue weighted by Crippen LogP contribution is 2.35. The molecular weight excluding hydrogens is 204 g/mol. The highest BCUT2D eigenvalue weighted by molar-refractivity contribution is 6.01. The van der Waals surface area contributed by atoms with Crippen LogP contribution in [-0.4, -0.2) is 41.6 Å². The lowest BCUT2D eigenvalue weighted by Crippen LogP contribution is -2.48. The van der Waals surface area contributed by atoms with E-state index in [0.29, 0.717) is 6.04 Å². The Morgan fingerprint density at radius 3 is 2.56 bits per heavy atom. The number of carbonyl (C=O) groups is 1. The molecule has 2 bridgehead atoms. The van der Waals surface area contributed by atoms with Gasteiger partial charge in [-0.25, -0.2) is 0 Å². The number of likely N-dealkylation sites (N-methyl/N-ethyl adjacent to an activating group) is 1. The average Bonchev–Trinajstić information content (AvgIpc) is 2.76. The van der Waals surface area contributed by atoms with Gasteiger partial charge in [0.2, 0.25) is 5.91 Å². The molecule has 0 aliphatic carbocycles. The quantitative estimate of drug-likeness (QED) is 0.758. The summed E-state index contributed by atoms with van der Waals surface area (Å²) in [5, 5.41) is 9.23. The van der Waals surface area contributed by atoms with E-state index >= 15 is 0 Å². The van der Waals surface area contributed by atoms with Crippen molar-refractivity contribution in [1.82, 2.24) is 4.90 Å². The molecule has 1 aromatic rings. The van der Waals surface area contributed by atoms with E-state index in [1.54, 1.807) is 24.3 Å². The topological polar surface area (TPSA) is 43.8 Å². The summed E-state index contributed by atoms with van der Waals surface area (Å²) in [6, 6.07) is 7.20. The van der Waals surface area contributed by atoms with Gasteiger partial charge in [-0.2, -0.15) is 0 Å². The van der Waals surface area contributed by atoms with Crippen LogP contribution in [0.25, 0.3) is 0 Å². The first-order valence-electron chi connectivity index (χ1n) is 5.49. The molecule has 0 radical (unpaired) electrons. The second-order valence-electron chi connectivity index (χ2n) is 4.57. The van der Waals surface area contributed by atoms with Crippen molar-refractivity contribution in [3.63, 3.8) is 0 Å². The monoisotopic (exact) mass is 218 g/mol. The fourth-order valence-electron chi connectivity index (χ4n) is 2.74. The van der Waals surface area contributed by atoms with Gasteiger partial charge in [0.15, 0.2) is 0 Å². The SMILES string of the molecule is CN1CC2CC1C(=O)N2c1ccc(O)cc1. The highest BCUT2D eigenvalue weighted by atomic mass is 16.3. The van der Waals surface area contributed by atoms with Crippen LogP contribution in [0.3, 0.4) is 0 Å². The number of phenolic OH excluding ortho intramolecular Hbond substituents is 1. The van der Waals surface area contributed by atoms with E-state index in [1.807, 2.05) is 11.9 Å². The lowest BCUT2D eigenvalue weighted by atomic mass is 10.2. The zero-order chi connectivity index (χ0) is 11.3. The Kier molecular flexibility index (Phi) is 1.94. The van der Waals surface area contributed by atoms with Crippen LogP contribution in [0.1, 0.15) is 6.42 Å². The predicted octanol–water partition coefficient (Wildman–Crippen LogP) is 0.811. The fraction of sp³-hybridized carbons (Fsp3) is 0.417.